The minimum atomic E-state index is -1.85. The molecule has 0 saturated heterocycles. The number of carbonyl (C=O) groups is 1. The summed E-state index contributed by atoms with van der Waals surface area (Å²) in [5.74, 6) is 1.90. The summed E-state index contributed by atoms with van der Waals surface area (Å²) in [7, 11) is 3.01. The maximum atomic E-state index is 12.5. The van der Waals surface area contributed by atoms with E-state index in [1.54, 1.807) is 21.3 Å². The van der Waals surface area contributed by atoms with Crippen LogP contribution in [0.3, 0.4) is 0 Å². The lowest BCUT2D eigenvalue weighted by Gasteiger charge is -2.29. The summed E-state index contributed by atoms with van der Waals surface area (Å²) in [6.45, 7) is 12.2. The zero-order valence-electron chi connectivity index (χ0n) is 16.0. The fourth-order valence-electron chi connectivity index (χ4n) is 2.33. The molecular weight excluding hydrogens is 437 g/mol. The highest BCUT2D eigenvalue weighted by Gasteiger charge is 2.34. The number of hydrogen-bond acceptors (Lipinski definition) is 4. The van der Waals surface area contributed by atoms with E-state index in [4.69, 9.17) is 14.2 Å². The van der Waals surface area contributed by atoms with Gasteiger partial charge in [0, 0.05) is 10.6 Å². The predicted octanol–water partition coefficient (Wildman–Crippen LogP) is 3.85. The lowest BCUT2D eigenvalue weighted by Crippen LogP contribution is -2.41. The smallest absolute Gasteiger partial charge is 0.229 e. The van der Waals surface area contributed by atoms with Gasteiger partial charge in [-0.2, -0.15) is 0 Å². The molecule has 1 amide bonds. The zero-order valence-corrected chi connectivity index (χ0v) is 19.2. The van der Waals surface area contributed by atoms with Gasteiger partial charge in [-0.25, -0.2) is 0 Å². The van der Waals surface area contributed by atoms with Crippen LogP contribution in [0, 0.1) is 8.99 Å². The van der Waals surface area contributed by atoms with Gasteiger partial charge in [0.25, 0.3) is 0 Å². The zero-order chi connectivity index (χ0) is 18.9. The quantitative estimate of drug-likeness (QED) is 0.531. The number of halogens is 1. The number of anilines is 1. The number of benzene rings is 1. The van der Waals surface area contributed by atoms with Crippen LogP contribution in [0.25, 0.3) is 0 Å². The molecule has 0 unspecified atom stereocenters. The third-order valence-corrected chi connectivity index (χ3v) is 6.57. The fourth-order valence-corrected chi connectivity index (χ4v) is 4.98. The first-order valence-corrected chi connectivity index (χ1v) is 12.3. The van der Waals surface area contributed by atoms with Gasteiger partial charge in [-0.3, -0.25) is 4.79 Å². The van der Waals surface area contributed by atoms with Gasteiger partial charge in [-0.05, 0) is 22.6 Å². The van der Waals surface area contributed by atoms with Crippen LogP contribution in [-0.4, -0.2) is 35.3 Å². The molecule has 0 fully saturated rings. The summed E-state index contributed by atoms with van der Waals surface area (Å²) >= 11 is 2.16. The van der Waals surface area contributed by atoms with Crippen molar-refractivity contribution in [2.24, 2.45) is 5.41 Å². The van der Waals surface area contributed by atoms with Crippen LogP contribution in [0.1, 0.15) is 20.8 Å². The topological polar surface area (TPSA) is 56.8 Å². The van der Waals surface area contributed by atoms with E-state index < -0.39 is 13.5 Å². The maximum Gasteiger partial charge on any atom is 0.229 e. The van der Waals surface area contributed by atoms with E-state index in [-0.39, 0.29) is 5.91 Å². The molecule has 0 radical (unpaired) electrons. The molecule has 0 atom stereocenters. The molecule has 0 aliphatic heterocycles. The summed E-state index contributed by atoms with van der Waals surface area (Å²) in [5.41, 5.74) is 0.133. The number of hydrogen-bond donors (Lipinski definition) is 1. The van der Waals surface area contributed by atoms with Crippen LogP contribution in [0.2, 0.25) is 19.6 Å². The number of nitrogens with one attached hydrogen (secondary N) is 1. The van der Waals surface area contributed by atoms with Gasteiger partial charge < -0.3 is 19.5 Å². The summed E-state index contributed by atoms with van der Waals surface area (Å²) in [5, 5.41) is 4.02. The van der Waals surface area contributed by atoms with Crippen molar-refractivity contribution in [2.75, 3.05) is 26.6 Å². The minimum absolute atomic E-state index is 0.0764. The minimum Gasteiger partial charge on any atom is -0.495 e. The molecule has 1 aromatic rings. The molecule has 7 heteroatoms. The molecule has 136 valence electrons. The van der Waals surface area contributed by atoms with Gasteiger partial charge in [0.05, 0.1) is 33.0 Å². The summed E-state index contributed by atoms with van der Waals surface area (Å²) in [4.78, 5) is 12.5. The standard InChI is InChI=1S/C17H28INO4Si/c1-17(2,3)16(20)19-11-10(18)12(21-4)14(23-6)15(13(11)22-5)24(7,8)9/h1-9H3,(H,19,20). The highest BCUT2D eigenvalue weighted by atomic mass is 127. The SMILES string of the molecule is COc1c(I)c(NC(=O)C(C)(C)C)c(OC)c([Si](C)(C)C)c1OC. The monoisotopic (exact) mass is 465 g/mol. The number of ether oxygens (including phenoxy) is 3. The number of amides is 1. The van der Waals surface area contributed by atoms with Crippen LogP contribution in [0.5, 0.6) is 17.2 Å². The Labute approximate surface area is 159 Å². The van der Waals surface area contributed by atoms with Crippen LogP contribution >= 0.6 is 22.6 Å². The second kappa shape index (κ2) is 7.51. The molecule has 0 aliphatic carbocycles. The molecule has 1 N–H and O–H groups in total. The first kappa shape index (κ1) is 21.1. The Morgan fingerprint density at radius 1 is 0.958 bits per heavy atom. The van der Waals surface area contributed by atoms with Crippen molar-refractivity contribution in [3.8, 4) is 17.2 Å². The van der Waals surface area contributed by atoms with Crippen molar-refractivity contribution >= 4 is 47.4 Å². The Bertz CT molecular complexity index is 633. The van der Waals surface area contributed by atoms with E-state index in [1.807, 2.05) is 20.8 Å². The average Bonchev–Trinajstić information content (AvgIpc) is 2.45. The molecule has 1 aromatic carbocycles. The second-order valence-corrected chi connectivity index (χ2v) is 13.7. The number of methoxy groups -OCH3 is 3. The van der Waals surface area contributed by atoms with E-state index >= 15 is 0 Å². The average molecular weight is 465 g/mol. The van der Waals surface area contributed by atoms with Crippen LogP contribution in [0.4, 0.5) is 5.69 Å². The molecule has 5 nitrogen and oxygen atoms in total. The normalized spacial score (nSPS) is 11.9. The maximum absolute atomic E-state index is 12.5. The van der Waals surface area contributed by atoms with Crippen molar-refractivity contribution in [1.82, 2.24) is 0 Å². The van der Waals surface area contributed by atoms with Crippen molar-refractivity contribution in [3.05, 3.63) is 3.57 Å². The van der Waals surface area contributed by atoms with Crippen LogP contribution in [0.15, 0.2) is 0 Å². The third-order valence-electron chi connectivity index (χ3n) is 3.59. The molecule has 0 aromatic heterocycles. The molecule has 0 spiro atoms. The van der Waals surface area contributed by atoms with Gasteiger partial charge >= 0.3 is 0 Å². The highest BCUT2D eigenvalue weighted by molar-refractivity contribution is 14.1. The van der Waals surface area contributed by atoms with E-state index in [1.165, 1.54) is 0 Å². The van der Waals surface area contributed by atoms with Gasteiger partial charge in [-0.1, -0.05) is 40.4 Å². The van der Waals surface area contributed by atoms with Gasteiger partial charge in [0.2, 0.25) is 5.91 Å². The van der Waals surface area contributed by atoms with E-state index in [0.717, 1.165) is 8.76 Å². The Kier molecular flexibility index (Phi) is 6.60. The molecule has 0 saturated carbocycles. The second-order valence-electron chi connectivity index (χ2n) is 7.62. The van der Waals surface area contributed by atoms with E-state index in [9.17, 15) is 4.79 Å². The molecule has 24 heavy (non-hydrogen) atoms. The van der Waals surface area contributed by atoms with Crippen molar-refractivity contribution in [3.63, 3.8) is 0 Å². The van der Waals surface area contributed by atoms with Crippen molar-refractivity contribution in [1.29, 1.82) is 0 Å². The van der Waals surface area contributed by atoms with E-state index in [2.05, 4.69) is 47.5 Å². The van der Waals surface area contributed by atoms with Crippen molar-refractivity contribution in [2.45, 2.75) is 40.4 Å². The van der Waals surface area contributed by atoms with Crippen LogP contribution in [-0.2, 0) is 4.79 Å². The Morgan fingerprint density at radius 3 is 1.75 bits per heavy atom. The molecule has 0 heterocycles. The Hall–Kier alpha value is -0.963. The Balaban J connectivity index is 3.79. The molecule has 0 bridgehead atoms. The van der Waals surface area contributed by atoms with Crippen LogP contribution < -0.4 is 24.7 Å². The summed E-state index contributed by atoms with van der Waals surface area (Å²) in [6, 6.07) is 0. The molecular formula is C17H28INO4Si. The van der Waals surface area contributed by atoms with Gasteiger partial charge in [0.1, 0.15) is 11.4 Å². The van der Waals surface area contributed by atoms with Gasteiger partial charge in [-0.15, -0.1) is 0 Å². The molecule has 0 aliphatic rings. The first-order valence-electron chi connectivity index (χ1n) is 7.73. The fraction of sp³-hybridized carbons (Fsp3) is 0.588. The summed E-state index contributed by atoms with van der Waals surface area (Å²) < 4.78 is 17.7. The van der Waals surface area contributed by atoms with E-state index in [0.29, 0.717) is 22.9 Å². The lowest BCUT2D eigenvalue weighted by atomic mass is 9.95. The number of carbonyl (C=O) groups excluding carboxylic acids is 1. The third kappa shape index (κ3) is 4.16. The number of rotatable bonds is 5. The largest absolute Gasteiger partial charge is 0.495 e. The van der Waals surface area contributed by atoms with Crippen molar-refractivity contribution < 1.29 is 19.0 Å². The summed E-state index contributed by atoms with van der Waals surface area (Å²) in [6.07, 6.45) is 0. The predicted molar refractivity (Wildman–Crippen MR) is 110 cm³/mol. The lowest BCUT2D eigenvalue weighted by molar-refractivity contribution is -0.123. The van der Waals surface area contributed by atoms with Gasteiger partial charge in [0.15, 0.2) is 11.5 Å². The first-order chi connectivity index (χ1) is 10.9. The highest BCUT2D eigenvalue weighted by Crippen LogP contribution is 2.44. The Morgan fingerprint density at radius 2 is 1.42 bits per heavy atom. The molecule has 1 rings (SSSR count).